The maximum Gasteiger partial charge on any atom is 0.250 e. The van der Waals surface area contributed by atoms with Crippen LogP contribution in [0.5, 0.6) is 0 Å². The van der Waals surface area contributed by atoms with E-state index in [2.05, 4.69) is 5.32 Å². The van der Waals surface area contributed by atoms with Gasteiger partial charge >= 0.3 is 0 Å². The second-order valence-corrected chi connectivity index (χ2v) is 4.61. The first-order valence-corrected chi connectivity index (χ1v) is 6.32. The summed E-state index contributed by atoms with van der Waals surface area (Å²) in [5.41, 5.74) is 0.410. The van der Waals surface area contributed by atoms with Crippen LogP contribution in [0.3, 0.4) is 0 Å². The van der Waals surface area contributed by atoms with Gasteiger partial charge in [0.2, 0.25) is 5.91 Å². The van der Waals surface area contributed by atoms with Gasteiger partial charge in [-0.25, -0.2) is 4.39 Å². The van der Waals surface area contributed by atoms with Crippen molar-refractivity contribution in [1.29, 1.82) is 0 Å². The first kappa shape index (κ1) is 13.7. The number of carbonyl (C=O) groups excluding carboxylic acids is 2. The number of rotatable bonds is 4. The largest absolute Gasteiger partial charge is 0.368 e. The number of ketones is 1. The molecule has 19 heavy (non-hydrogen) atoms. The number of amides is 1. The summed E-state index contributed by atoms with van der Waals surface area (Å²) in [6.45, 7) is -0.0740. The van der Waals surface area contributed by atoms with Crippen LogP contribution >= 0.6 is 0 Å². The Balaban J connectivity index is 1.74. The quantitative estimate of drug-likeness (QED) is 0.908. The smallest absolute Gasteiger partial charge is 0.250 e. The summed E-state index contributed by atoms with van der Waals surface area (Å²) in [6.07, 6.45) is 2.36. The molecule has 0 aromatic heterocycles. The van der Waals surface area contributed by atoms with Crippen molar-refractivity contribution in [3.63, 3.8) is 0 Å². The van der Waals surface area contributed by atoms with Crippen molar-refractivity contribution in [2.45, 2.75) is 31.8 Å². The monoisotopic (exact) mass is 265 g/mol. The van der Waals surface area contributed by atoms with Crippen molar-refractivity contribution < 1.29 is 18.7 Å². The SMILES string of the molecule is O=C1CCC(OCC(=O)Nc2cccc(F)c2)CC1. The summed E-state index contributed by atoms with van der Waals surface area (Å²) >= 11 is 0. The summed E-state index contributed by atoms with van der Waals surface area (Å²) in [4.78, 5) is 22.7. The molecule has 1 N–H and O–H groups in total. The third kappa shape index (κ3) is 4.44. The molecule has 1 aliphatic carbocycles. The highest BCUT2D eigenvalue weighted by Crippen LogP contribution is 2.18. The molecular weight excluding hydrogens is 249 g/mol. The summed E-state index contributed by atoms with van der Waals surface area (Å²) < 4.78 is 18.4. The molecule has 0 heterocycles. The van der Waals surface area contributed by atoms with Crippen molar-refractivity contribution >= 4 is 17.4 Å². The van der Waals surface area contributed by atoms with Crippen LogP contribution in [0, 0.1) is 5.82 Å². The van der Waals surface area contributed by atoms with Gasteiger partial charge in [0.05, 0.1) is 6.10 Å². The van der Waals surface area contributed by atoms with Crippen LogP contribution in [0.15, 0.2) is 24.3 Å². The molecule has 0 saturated heterocycles. The molecule has 0 spiro atoms. The molecule has 0 bridgehead atoms. The summed E-state index contributed by atoms with van der Waals surface area (Å²) in [6, 6.07) is 5.70. The van der Waals surface area contributed by atoms with Gasteiger partial charge in [0.25, 0.3) is 0 Å². The Bertz CT molecular complexity index is 466. The van der Waals surface area contributed by atoms with E-state index >= 15 is 0 Å². The topological polar surface area (TPSA) is 55.4 Å². The van der Waals surface area contributed by atoms with E-state index in [1.807, 2.05) is 0 Å². The molecule has 1 aromatic carbocycles. The van der Waals surface area contributed by atoms with Crippen LogP contribution in [0.1, 0.15) is 25.7 Å². The molecule has 1 amide bonds. The lowest BCUT2D eigenvalue weighted by Crippen LogP contribution is -2.26. The summed E-state index contributed by atoms with van der Waals surface area (Å²) in [5, 5.41) is 2.56. The first-order chi connectivity index (χ1) is 9.13. The maximum absolute atomic E-state index is 12.9. The number of carbonyl (C=O) groups is 2. The van der Waals surface area contributed by atoms with Gasteiger partial charge in [0.1, 0.15) is 18.2 Å². The molecule has 1 aromatic rings. The standard InChI is InChI=1S/C14H16FNO3/c15-10-2-1-3-11(8-10)16-14(18)9-19-13-6-4-12(17)5-7-13/h1-3,8,13H,4-7,9H2,(H,16,18). The van der Waals surface area contributed by atoms with E-state index in [1.54, 1.807) is 6.07 Å². The van der Waals surface area contributed by atoms with Crippen LogP contribution in [0.4, 0.5) is 10.1 Å². The van der Waals surface area contributed by atoms with Crippen molar-refractivity contribution in [3.05, 3.63) is 30.1 Å². The number of hydrogen-bond donors (Lipinski definition) is 1. The van der Waals surface area contributed by atoms with Crippen LogP contribution in [-0.2, 0) is 14.3 Å². The Kier molecular flexibility index (Phi) is 4.63. The number of anilines is 1. The Hall–Kier alpha value is -1.75. The van der Waals surface area contributed by atoms with E-state index in [9.17, 15) is 14.0 Å². The van der Waals surface area contributed by atoms with Gasteiger partial charge in [-0.05, 0) is 31.0 Å². The van der Waals surface area contributed by atoms with E-state index < -0.39 is 5.82 Å². The maximum atomic E-state index is 12.9. The van der Waals surface area contributed by atoms with Gasteiger partial charge in [0.15, 0.2) is 0 Å². The van der Waals surface area contributed by atoms with E-state index in [0.717, 1.165) is 0 Å². The lowest BCUT2D eigenvalue weighted by molar-refractivity contribution is -0.126. The van der Waals surface area contributed by atoms with E-state index in [1.165, 1.54) is 18.2 Å². The van der Waals surface area contributed by atoms with Crippen molar-refractivity contribution in [3.8, 4) is 0 Å². The molecule has 1 saturated carbocycles. The molecule has 0 unspecified atom stereocenters. The van der Waals surface area contributed by atoms with Gasteiger partial charge in [-0.15, -0.1) is 0 Å². The van der Waals surface area contributed by atoms with Crippen LogP contribution in [0.25, 0.3) is 0 Å². The van der Waals surface area contributed by atoms with Gasteiger partial charge in [-0.2, -0.15) is 0 Å². The third-order valence-corrected chi connectivity index (χ3v) is 3.05. The van der Waals surface area contributed by atoms with E-state index in [4.69, 9.17) is 4.74 Å². The van der Waals surface area contributed by atoms with Crippen molar-refractivity contribution in [1.82, 2.24) is 0 Å². The van der Waals surface area contributed by atoms with Gasteiger partial charge in [-0.3, -0.25) is 9.59 Å². The van der Waals surface area contributed by atoms with Gasteiger partial charge < -0.3 is 10.1 Å². The first-order valence-electron chi connectivity index (χ1n) is 6.32. The molecule has 1 fully saturated rings. The Morgan fingerprint density at radius 2 is 2.11 bits per heavy atom. The summed E-state index contributed by atoms with van der Waals surface area (Å²) in [7, 11) is 0. The average molecular weight is 265 g/mol. The molecule has 102 valence electrons. The fraction of sp³-hybridized carbons (Fsp3) is 0.429. The normalized spacial score (nSPS) is 16.4. The van der Waals surface area contributed by atoms with Crippen LogP contribution in [0.2, 0.25) is 0 Å². The molecule has 0 radical (unpaired) electrons. The number of hydrogen-bond acceptors (Lipinski definition) is 3. The number of nitrogens with one attached hydrogen (secondary N) is 1. The highest BCUT2D eigenvalue weighted by molar-refractivity contribution is 5.91. The second kappa shape index (κ2) is 6.43. The van der Waals surface area contributed by atoms with E-state index in [0.29, 0.717) is 31.4 Å². The Morgan fingerprint density at radius 3 is 2.79 bits per heavy atom. The lowest BCUT2D eigenvalue weighted by atomic mass is 9.96. The minimum absolute atomic E-state index is 0.0315. The van der Waals surface area contributed by atoms with Gasteiger partial charge in [-0.1, -0.05) is 6.07 Å². The second-order valence-electron chi connectivity index (χ2n) is 4.61. The number of ether oxygens (including phenoxy) is 1. The lowest BCUT2D eigenvalue weighted by Gasteiger charge is -2.21. The van der Waals surface area contributed by atoms with Crippen molar-refractivity contribution in [2.24, 2.45) is 0 Å². The molecule has 4 nitrogen and oxygen atoms in total. The Morgan fingerprint density at radius 1 is 1.37 bits per heavy atom. The zero-order valence-corrected chi connectivity index (χ0v) is 10.5. The zero-order chi connectivity index (χ0) is 13.7. The average Bonchev–Trinajstić information content (AvgIpc) is 2.38. The Labute approximate surface area is 110 Å². The molecule has 2 rings (SSSR count). The molecule has 0 aliphatic heterocycles. The third-order valence-electron chi connectivity index (χ3n) is 3.05. The highest BCUT2D eigenvalue weighted by atomic mass is 19.1. The van der Waals surface area contributed by atoms with Crippen LogP contribution in [-0.4, -0.2) is 24.4 Å². The number of Topliss-reactive ketones (excluding diaryl/α,β-unsaturated/α-hetero) is 1. The van der Waals surface area contributed by atoms with Crippen LogP contribution < -0.4 is 5.32 Å². The van der Waals surface area contributed by atoms with Crippen molar-refractivity contribution in [2.75, 3.05) is 11.9 Å². The predicted molar refractivity (Wildman–Crippen MR) is 68.2 cm³/mol. The summed E-state index contributed by atoms with van der Waals surface area (Å²) in [5.74, 6) is -0.462. The molecule has 5 heteroatoms. The zero-order valence-electron chi connectivity index (χ0n) is 10.5. The fourth-order valence-electron chi connectivity index (χ4n) is 2.04. The molecule has 0 atom stereocenters. The molecule has 1 aliphatic rings. The number of benzene rings is 1. The molecular formula is C14H16FNO3. The van der Waals surface area contributed by atoms with E-state index in [-0.39, 0.29) is 24.4 Å². The predicted octanol–water partition coefficient (Wildman–Crippen LogP) is 2.29. The minimum atomic E-state index is -0.399. The minimum Gasteiger partial charge on any atom is -0.368 e. The fourth-order valence-corrected chi connectivity index (χ4v) is 2.04. The highest BCUT2D eigenvalue weighted by Gasteiger charge is 2.19. The number of halogens is 1. The van der Waals surface area contributed by atoms with Gasteiger partial charge in [0, 0.05) is 18.5 Å².